The molecule has 1 aliphatic carbocycles. The van der Waals surface area contributed by atoms with Gasteiger partial charge in [-0.1, -0.05) is 11.6 Å². The summed E-state index contributed by atoms with van der Waals surface area (Å²) < 4.78 is 73.3. The van der Waals surface area contributed by atoms with Gasteiger partial charge in [0, 0.05) is 25.5 Å². The van der Waals surface area contributed by atoms with Crippen LogP contribution in [0.5, 0.6) is 0 Å². The van der Waals surface area contributed by atoms with E-state index in [-0.39, 0.29) is 54.3 Å². The van der Waals surface area contributed by atoms with Gasteiger partial charge in [0.15, 0.2) is 10.8 Å². The van der Waals surface area contributed by atoms with Crippen LogP contribution in [0.4, 0.5) is 31.5 Å². The topological polar surface area (TPSA) is 121 Å². The summed E-state index contributed by atoms with van der Waals surface area (Å²) in [4.78, 5) is 29.2. The first kappa shape index (κ1) is 27.1. The molecule has 37 heavy (non-hydrogen) atoms. The third kappa shape index (κ3) is 5.81. The number of urea groups is 1. The van der Waals surface area contributed by atoms with E-state index < -0.39 is 54.8 Å². The highest BCUT2D eigenvalue weighted by molar-refractivity contribution is 6.30. The summed E-state index contributed by atoms with van der Waals surface area (Å²) in [7, 11) is 1.31. The zero-order valence-electron chi connectivity index (χ0n) is 19.4. The Morgan fingerprint density at radius 2 is 2.05 bits per heavy atom. The molecule has 3 heterocycles. The number of amides is 3. The molecular weight excluding hydrogens is 531 g/mol. The molecule has 0 radical (unpaired) electrons. The number of rotatable bonds is 7. The number of carbonyl (C=O) groups is 2. The van der Waals surface area contributed by atoms with E-state index in [4.69, 9.17) is 16.3 Å². The van der Waals surface area contributed by atoms with E-state index in [0.717, 1.165) is 4.90 Å². The number of hydrogen-bond acceptors (Lipinski definition) is 5. The summed E-state index contributed by atoms with van der Waals surface area (Å²) in [5.74, 6) is -3.25. The van der Waals surface area contributed by atoms with Crippen molar-refractivity contribution in [3.05, 3.63) is 28.7 Å². The maximum atomic E-state index is 13.7. The molecule has 0 spiro atoms. The number of ether oxygens (including phenoxy) is 1. The molecule has 1 saturated carbocycles. The van der Waals surface area contributed by atoms with Crippen molar-refractivity contribution in [3.63, 3.8) is 0 Å². The van der Waals surface area contributed by atoms with Gasteiger partial charge in [-0.25, -0.2) is 27.9 Å². The molecule has 0 aromatic carbocycles. The Hall–Kier alpha value is -2.94. The Labute approximate surface area is 212 Å². The number of hydrogen-bond donors (Lipinski definition) is 3. The van der Waals surface area contributed by atoms with Crippen LogP contribution in [0.1, 0.15) is 49.0 Å². The molecule has 3 amide bonds. The van der Waals surface area contributed by atoms with Gasteiger partial charge >= 0.3 is 18.3 Å². The largest absolute Gasteiger partial charge is 0.465 e. The Morgan fingerprint density at radius 1 is 1.38 bits per heavy atom. The van der Waals surface area contributed by atoms with Crippen molar-refractivity contribution in [2.45, 2.75) is 55.9 Å². The van der Waals surface area contributed by atoms with E-state index in [1.807, 2.05) is 5.32 Å². The SMILES string of the molecule is COC[C@H](c1cc2nc([C@@H](NC(=O)O)C3CCC(F)(F)CC3)cn2nc1Cl)N1C[C@@H](C(F)(F)F)NC1=O. The molecule has 4 rings (SSSR count). The maximum Gasteiger partial charge on any atom is 0.410 e. The lowest BCUT2D eigenvalue weighted by Gasteiger charge is -2.32. The summed E-state index contributed by atoms with van der Waals surface area (Å²) in [5.41, 5.74) is 0.560. The number of nitrogens with one attached hydrogen (secondary N) is 2. The Balaban J connectivity index is 1.67. The van der Waals surface area contributed by atoms with Crippen molar-refractivity contribution in [1.82, 2.24) is 30.1 Å². The first-order valence-corrected chi connectivity index (χ1v) is 11.7. The van der Waals surface area contributed by atoms with E-state index in [0.29, 0.717) is 0 Å². The molecule has 2 aromatic rings. The average molecular weight is 555 g/mol. The van der Waals surface area contributed by atoms with Gasteiger partial charge in [0.1, 0.15) is 6.04 Å². The molecule has 3 atom stereocenters. The van der Waals surface area contributed by atoms with Gasteiger partial charge in [-0.15, -0.1) is 0 Å². The molecule has 2 aromatic heterocycles. The Morgan fingerprint density at radius 3 is 2.62 bits per heavy atom. The number of aromatic nitrogens is 3. The molecule has 3 N–H and O–H groups in total. The fourth-order valence-corrected chi connectivity index (χ4v) is 5.06. The monoisotopic (exact) mass is 554 g/mol. The Bertz CT molecular complexity index is 1170. The lowest BCUT2D eigenvalue weighted by Crippen LogP contribution is -2.40. The van der Waals surface area contributed by atoms with E-state index in [1.54, 1.807) is 0 Å². The number of carbonyl (C=O) groups excluding carboxylic acids is 1. The summed E-state index contributed by atoms with van der Waals surface area (Å²) >= 11 is 6.35. The van der Waals surface area contributed by atoms with Crippen LogP contribution in [0.25, 0.3) is 5.65 Å². The zero-order valence-corrected chi connectivity index (χ0v) is 20.2. The maximum absolute atomic E-state index is 13.7. The van der Waals surface area contributed by atoms with Crippen LogP contribution in [0.15, 0.2) is 12.3 Å². The molecule has 2 aliphatic rings. The van der Waals surface area contributed by atoms with Crippen LogP contribution in [0.3, 0.4) is 0 Å². The quantitative estimate of drug-likeness (QED) is 0.442. The van der Waals surface area contributed by atoms with E-state index in [2.05, 4.69) is 15.4 Å². The molecule has 0 bridgehead atoms. The van der Waals surface area contributed by atoms with Gasteiger partial charge in [0.25, 0.3) is 0 Å². The minimum Gasteiger partial charge on any atom is -0.465 e. The highest BCUT2D eigenvalue weighted by Crippen LogP contribution is 2.41. The average Bonchev–Trinajstić information content (AvgIpc) is 3.38. The minimum absolute atomic E-state index is 0.0750. The van der Waals surface area contributed by atoms with Crippen LogP contribution in [-0.4, -0.2) is 75.1 Å². The summed E-state index contributed by atoms with van der Waals surface area (Å²) in [6.45, 7) is -0.864. The number of halogens is 6. The van der Waals surface area contributed by atoms with Crippen molar-refractivity contribution in [2.75, 3.05) is 20.3 Å². The second-order valence-corrected chi connectivity index (χ2v) is 9.50. The van der Waals surface area contributed by atoms with Gasteiger partial charge in [0.2, 0.25) is 5.92 Å². The third-order valence-electron chi connectivity index (χ3n) is 6.67. The predicted octanol–water partition coefficient (Wildman–Crippen LogP) is 4.16. The molecule has 204 valence electrons. The number of fused-ring (bicyclic) bond motifs is 1. The molecule has 2 fully saturated rings. The predicted molar refractivity (Wildman–Crippen MR) is 119 cm³/mol. The van der Waals surface area contributed by atoms with Crippen molar-refractivity contribution in [3.8, 4) is 0 Å². The molecule has 1 aliphatic heterocycles. The fraction of sp³-hybridized carbons (Fsp3) is 0.619. The molecule has 10 nitrogen and oxygen atoms in total. The third-order valence-corrected chi connectivity index (χ3v) is 6.97. The second kappa shape index (κ2) is 10.1. The van der Waals surface area contributed by atoms with E-state index in [9.17, 15) is 36.6 Å². The smallest absolute Gasteiger partial charge is 0.410 e. The standard InChI is InChI=1S/C21H24ClF5N6O4/c1-37-9-13(32-8-14(21(25,26)27)29-18(32)34)11-6-15-28-12(7-33(15)31-17(11)22)16(30-19(35)36)10-2-4-20(23,24)5-3-10/h6-7,10,13-14,16,30H,2-5,8-9H2,1H3,(H,29,34)(H,35,36)/t13-,14+,16+/m1/s1. The number of imidazole rings is 1. The van der Waals surface area contributed by atoms with E-state index in [1.165, 1.54) is 23.9 Å². The normalized spacial score (nSPS) is 22.2. The van der Waals surface area contributed by atoms with Crippen LogP contribution in [0, 0.1) is 5.92 Å². The molecule has 0 unspecified atom stereocenters. The van der Waals surface area contributed by atoms with Gasteiger partial charge in [-0.2, -0.15) is 18.3 Å². The first-order valence-electron chi connectivity index (χ1n) is 11.3. The van der Waals surface area contributed by atoms with Crippen LogP contribution in [0.2, 0.25) is 5.15 Å². The summed E-state index contributed by atoms with van der Waals surface area (Å²) in [6.07, 6.45) is -5.21. The Kier molecular flexibility index (Phi) is 7.38. The second-order valence-electron chi connectivity index (χ2n) is 9.15. The molecule has 16 heteroatoms. The number of nitrogens with zero attached hydrogens (tertiary/aromatic N) is 4. The molecule has 1 saturated heterocycles. The van der Waals surface area contributed by atoms with Crippen LogP contribution >= 0.6 is 11.6 Å². The van der Waals surface area contributed by atoms with Gasteiger partial charge in [-0.3, -0.25) is 0 Å². The number of alkyl halides is 5. The lowest BCUT2D eigenvalue weighted by molar-refractivity contribution is -0.150. The highest BCUT2D eigenvalue weighted by Gasteiger charge is 2.49. The van der Waals surface area contributed by atoms with Crippen molar-refractivity contribution < 1.29 is 41.4 Å². The van der Waals surface area contributed by atoms with Crippen LogP contribution in [-0.2, 0) is 4.74 Å². The number of methoxy groups -OCH3 is 1. The van der Waals surface area contributed by atoms with Crippen molar-refractivity contribution in [1.29, 1.82) is 0 Å². The fourth-order valence-electron chi connectivity index (χ4n) is 4.80. The zero-order chi connectivity index (χ0) is 27.1. The van der Waals surface area contributed by atoms with Crippen LogP contribution < -0.4 is 10.6 Å². The summed E-state index contributed by atoms with van der Waals surface area (Å²) in [6, 6.07) is -3.54. The van der Waals surface area contributed by atoms with Gasteiger partial charge in [-0.05, 0) is 24.8 Å². The van der Waals surface area contributed by atoms with Gasteiger partial charge in [0.05, 0.1) is 37.1 Å². The lowest BCUT2D eigenvalue weighted by atomic mass is 9.81. The molecular formula is C21H24ClF5N6O4. The summed E-state index contributed by atoms with van der Waals surface area (Å²) in [5, 5.41) is 17.6. The van der Waals surface area contributed by atoms with Crippen molar-refractivity contribution >= 4 is 29.4 Å². The first-order chi connectivity index (χ1) is 17.3. The van der Waals surface area contributed by atoms with Crippen molar-refractivity contribution in [2.24, 2.45) is 5.92 Å². The van der Waals surface area contributed by atoms with E-state index >= 15 is 0 Å². The highest BCUT2D eigenvalue weighted by atomic mass is 35.5. The number of carboxylic acid groups (broad SMARTS) is 1. The van der Waals surface area contributed by atoms with Gasteiger partial charge < -0.3 is 25.4 Å². The minimum atomic E-state index is -4.65.